The maximum Gasteiger partial charge on any atom is 0.254 e. The summed E-state index contributed by atoms with van der Waals surface area (Å²) in [6.45, 7) is 1.22. The van der Waals surface area contributed by atoms with Crippen LogP contribution in [0.1, 0.15) is 35.2 Å². The lowest BCUT2D eigenvalue weighted by Gasteiger charge is -2.32. The first-order chi connectivity index (χ1) is 12.0. The molecule has 2 aromatic carbocycles. The molecule has 1 N–H and O–H groups in total. The minimum atomic E-state index is -0.730. The molecule has 5 heteroatoms. The first-order valence-electron chi connectivity index (χ1n) is 8.54. The van der Waals surface area contributed by atoms with Gasteiger partial charge in [-0.3, -0.25) is 4.79 Å². The Bertz CT molecular complexity index is 718. The molecule has 1 aliphatic heterocycles. The summed E-state index contributed by atoms with van der Waals surface area (Å²) in [7, 11) is 0. The first kappa shape index (κ1) is 17.4. The second-order valence-electron chi connectivity index (χ2n) is 6.60. The monoisotopic (exact) mass is 345 g/mol. The first-order valence-corrected chi connectivity index (χ1v) is 8.54. The van der Waals surface area contributed by atoms with E-state index in [1.165, 1.54) is 5.56 Å². The van der Waals surface area contributed by atoms with Crippen molar-refractivity contribution in [2.75, 3.05) is 13.1 Å². The van der Waals surface area contributed by atoms with E-state index in [4.69, 9.17) is 0 Å². The fourth-order valence-corrected chi connectivity index (χ4v) is 3.32. The number of hydrogen-bond acceptors (Lipinski definition) is 2. The Balaban J connectivity index is 1.51. The van der Waals surface area contributed by atoms with Crippen LogP contribution < -0.4 is 0 Å². The summed E-state index contributed by atoms with van der Waals surface area (Å²) in [6, 6.07) is 10.2. The molecule has 1 fully saturated rings. The maximum atomic E-state index is 13.3. The van der Waals surface area contributed by atoms with Gasteiger partial charge in [-0.25, -0.2) is 8.78 Å². The Morgan fingerprint density at radius 1 is 1.04 bits per heavy atom. The topological polar surface area (TPSA) is 40.5 Å². The number of aromatic hydroxyl groups is 1. The predicted molar refractivity (Wildman–Crippen MR) is 91.4 cm³/mol. The van der Waals surface area contributed by atoms with Gasteiger partial charge in [-0.05, 0) is 61.4 Å². The SMILES string of the molecule is O=C(c1cc(F)cc(F)c1)N1CCC(CCc2ccc(O)cc2)CC1. The molecule has 3 rings (SSSR count). The molecule has 0 radical (unpaired) electrons. The number of likely N-dealkylation sites (tertiary alicyclic amines) is 1. The summed E-state index contributed by atoms with van der Waals surface area (Å²) in [5.74, 6) is -0.971. The lowest BCUT2D eigenvalue weighted by molar-refractivity contribution is 0.0686. The van der Waals surface area contributed by atoms with Gasteiger partial charge in [-0.15, -0.1) is 0 Å². The largest absolute Gasteiger partial charge is 0.508 e. The number of aryl methyl sites for hydroxylation is 1. The third kappa shape index (κ3) is 4.56. The second kappa shape index (κ2) is 7.64. The van der Waals surface area contributed by atoms with E-state index >= 15 is 0 Å². The van der Waals surface area contributed by atoms with Gasteiger partial charge in [0.05, 0.1) is 0 Å². The van der Waals surface area contributed by atoms with E-state index < -0.39 is 11.6 Å². The molecule has 0 saturated carbocycles. The van der Waals surface area contributed by atoms with Gasteiger partial charge in [0.1, 0.15) is 17.4 Å². The molecule has 2 aromatic rings. The number of rotatable bonds is 4. The molecule has 25 heavy (non-hydrogen) atoms. The van der Waals surface area contributed by atoms with Gasteiger partial charge in [0.15, 0.2) is 0 Å². The predicted octanol–water partition coefficient (Wildman–Crippen LogP) is 4.16. The van der Waals surface area contributed by atoms with Crippen molar-refractivity contribution in [2.45, 2.75) is 25.7 Å². The van der Waals surface area contributed by atoms with Crippen molar-refractivity contribution in [1.29, 1.82) is 0 Å². The van der Waals surface area contributed by atoms with Gasteiger partial charge in [0.25, 0.3) is 5.91 Å². The van der Waals surface area contributed by atoms with Gasteiger partial charge in [-0.1, -0.05) is 12.1 Å². The van der Waals surface area contributed by atoms with E-state index in [9.17, 15) is 18.7 Å². The van der Waals surface area contributed by atoms with Crippen LogP contribution in [-0.2, 0) is 6.42 Å². The normalized spacial score (nSPS) is 15.4. The minimum absolute atomic E-state index is 0.0695. The standard InChI is InChI=1S/C20H21F2NO2/c21-17-11-16(12-18(22)13-17)20(25)23-9-7-15(8-10-23)2-1-14-3-5-19(24)6-4-14/h3-6,11-13,15,24H,1-2,7-10H2. The Labute approximate surface area is 145 Å². The summed E-state index contributed by atoms with van der Waals surface area (Å²) in [5.41, 5.74) is 1.26. The average Bonchev–Trinajstić information content (AvgIpc) is 2.60. The molecule has 1 amide bonds. The number of phenols is 1. The Morgan fingerprint density at radius 3 is 2.24 bits per heavy atom. The minimum Gasteiger partial charge on any atom is -0.508 e. The van der Waals surface area contributed by atoms with Crippen LogP contribution in [0.4, 0.5) is 8.78 Å². The Morgan fingerprint density at radius 2 is 1.64 bits per heavy atom. The summed E-state index contributed by atoms with van der Waals surface area (Å²) in [4.78, 5) is 14.1. The van der Waals surface area contributed by atoms with Gasteiger partial charge < -0.3 is 10.0 Å². The molecule has 3 nitrogen and oxygen atoms in total. The van der Waals surface area contributed by atoms with Crippen molar-refractivity contribution in [2.24, 2.45) is 5.92 Å². The highest BCUT2D eigenvalue weighted by Crippen LogP contribution is 2.24. The second-order valence-corrected chi connectivity index (χ2v) is 6.60. The van der Waals surface area contributed by atoms with E-state index in [1.54, 1.807) is 17.0 Å². The third-order valence-corrected chi connectivity index (χ3v) is 4.79. The smallest absolute Gasteiger partial charge is 0.254 e. The number of carbonyl (C=O) groups excluding carboxylic acids is 1. The zero-order chi connectivity index (χ0) is 17.8. The highest BCUT2D eigenvalue weighted by atomic mass is 19.1. The maximum absolute atomic E-state index is 13.3. The van der Waals surface area contributed by atoms with Crippen LogP contribution in [0.25, 0.3) is 0 Å². The lowest BCUT2D eigenvalue weighted by Crippen LogP contribution is -2.38. The molecule has 1 heterocycles. The summed E-state index contributed by atoms with van der Waals surface area (Å²) >= 11 is 0. The number of piperidine rings is 1. The van der Waals surface area contributed by atoms with Crippen LogP contribution in [0.3, 0.4) is 0 Å². The molecule has 0 aromatic heterocycles. The molecule has 0 aliphatic carbocycles. The van der Waals surface area contributed by atoms with Crippen LogP contribution in [-0.4, -0.2) is 29.0 Å². The number of nitrogens with zero attached hydrogens (tertiary/aromatic N) is 1. The molecule has 0 atom stereocenters. The van der Waals surface area contributed by atoms with Crippen molar-refractivity contribution in [3.05, 3.63) is 65.2 Å². The fourth-order valence-electron chi connectivity index (χ4n) is 3.32. The number of phenolic OH excluding ortho intramolecular Hbond substituents is 1. The molecular formula is C20H21F2NO2. The summed E-state index contributed by atoms with van der Waals surface area (Å²) in [5, 5.41) is 9.30. The quantitative estimate of drug-likeness (QED) is 0.904. The van der Waals surface area contributed by atoms with Gasteiger partial charge in [-0.2, -0.15) is 0 Å². The summed E-state index contributed by atoms with van der Waals surface area (Å²) < 4.78 is 26.6. The van der Waals surface area contributed by atoms with E-state index in [0.29, 0.717) is 19.0 Å². The molecular weight excluding hydrogens is 324 g/mol. The van der Waals surface area contributed by atoms with Crippen molar-refractivity contribution >= 4 is 5.91 Å². The van der Waals surface area contributed by atoms with Crippen molar-refractivity contribution < 1.29 is 18.7 Å². The lowest BCUT2D eigenvalue weighted by atomic mass is 9.90. The Hall–Kier alpha value is -2.43. The van der Waals surface area contributed by atoms with E-state index in [1.807, 2.05) is 12.1 Å². The zero-order valence-corrected chi connectivity index (χ0v) is 13.9. The number of carbonyl (C=O) groups is 1. The van der Waals surface area contributed by atoms with Crippen LogP contribution in [0, 0.1) is 17.6 Å². The highest BCUT2D eigenvalue weighted by molar-refractivity contribution is 5.94. The number of benzene rings is 2. The average molecular weight is 345 g/mol. The number of halogens is 2. The molecule has 0 bridgehead atoms. The van der Waals surface area contributed by atoms with Gasteiger partial charge >= 0.3 is 0 Å². The summed E-state index contributed by atoms with van der Waals surface area (Å²) in [6.07, 6.45) is 3.75. The van der Waals surface area contributed by atoms with Crippen LogP contribution >= 0.6 is 0 Å². The fraction of sp³-hybridized carbons (Fsp3) is 0.350. The molecule has 0 spiro atoms. The van der Waals surface area contributed by atoms with Crippen molar-refractivity contribution in [3.63, 3.8) is 0 Å². The number of hydrogen-bond donors (Lipinski definition) is 1. The van der Waals surface area contributed by atoms with Gasteiger partial charge in [0, 0.05) is 24.7 Å². The van der Waals surface area contributed by atoms with Crippen molar-refractivity contribution in [1.82, 2.24) is 4.90 Å². The highest BCUT2D eigenvalue weighted by Gasteiger charge is 2.24. The Kier molecular flexibility index (Phi) is 5.31. The van der Waals surface area contributed by atoms with Crippen molar-refractivity contribution in [3.8, 4) is 5.75 Å². The van der Waals surface area contributed by atoms with Crippen LogP contribution in [0.2, 0.25) is 0 Å². The van der Waals surface area contributed by atoms with Crippen LogP contribution in [0.15, 0.2) is 42.5 Å². The van der Waals surface area contributed by atoms with E-state index in [-0.39, 0.29) is 17.2 Å². The van der Waals surface area contributed by atoms with E-state index in [0.717, 1.165) is 43.9 Å². The zero-order valence-electron chi connectivity index (χ0n) is 13.9. The molecule has 1 saturated heterocycles. The molecule has 132 valence electrons. The van der Waals surface area contributed by atoms with E-state index in [2.05, 4.69) is 0 Å². The molecule has 0 unspecified atom stereocenters. The number of amides is 1. The molecule has 1 aliphatic rings. The third-order valence-electron chi connectivity index (χ3n) is 4.79. The van der Waals surface area contributed by atoms with Crippen LogP contribution in [0.5, 0.6) is 5.75 Å². The van der Waals surface area contributed by atoms with Gasteiger partial charge in [0.2, 0.25) is 0 Å².